The molecule has 0 atom stereocenters. The standard InChI is InChI=1S/C11H13ClN2/c1-8-4-5-9(12)6-10(8)14-11(2,3)7-13/h4-6,14H,1-3H3. The lowest BCUT2D eigenvalue weighted by Crippen LogP contribution is -2.28. The Balaban J connectivity index is 2.98. The molecule has 0 saturated heterocycles. The van der Waals surface area contributed by atoms with Gasteiger partial charge in [0.15, 0.2) is 0 Å². The monoisotopic (exact) mass is 208 g/mol. The van der Waals surface area contributed by atoms with Crippen LogP contribution in [0.3, 0.4) is 0 Å². The van der Waals surface area contributed by atoms with E-state index in [-0.39, 0.29) is 0 Å². The molecule has 0 saturated carbocycles. The molecule has 0 aliphatic heterocycles. The largest absolute Gasteiger partial charge is 0.368 e. The summed E-state index contributed by atoms with van der Waals surface area (Å²) in [5.74, 6) is 0. The van der Waals surface area contributed by atoms with E-state index in [2.05, 4.69) is 11.4 Å². The minimum absolute atomic E-state index is 0.574. The van der Waals surface area contributed by atoms with E-state index in [1.807, 2.05) is 39.0 Å². The van der Waals surface area contributed by atoms with E-state index in [9.17, 15) is 0 Å². The van der Waals surface area contributed by atoms with Crippen LogP contribution in [0.5, 0.6) is 0 Å². The molecule has 0 spiro atoms. The van der Waals surface area contributed by atoms with Gasteiger partial charge in [0.2, 0.25) is 0 Å². The highest BCUT2D eigenvalue weighted by molar-refractivity contribution is 6.30. The molecule has 14 heavy (non-hydrogen) atoms. The van der Waals surface area contributed by atoms with Crippen molar-refractivity contribution in [1.82, 2.24) is 0 Å². The summed E-state index contributed by atoms with van der Waals surface area (Å²) in [6.07, 6.45) is 0. The summed E-state index contributed by atoms with van der Waals surface area (Å²) in [6.45, 7) is 5.63. The summed E-state index contributed by atoms with van der Waals surface area (Å²) in [6, 6.07) is 7.78. The van der Waals surface area contributed by atoms with Crippen LogP contribution in [0, 0.1) is 18.3 Å². The average molecular weight is 209 g/mol. The number of aryl methyl sites for hydroxylation is 1. The van der Waals surface area contributed by atoms with Crippen LogP contribution in [0.15, 0.2) is 18.2 Å². The lowest BCUT2D eigenvalue weighted by atomic mass is 10.1. The fourth-order valence-corrected chi connectivity index (χ4v) is 1.27. The summed E-state index contributed by atoms with van der Waals surface area (Å²) in [7, 11) is 0. The molecule has 0 aromatic heterocycles. The van der Waals surface area contributed by atoms with Crippen LogP contribution in [0.25, 0.3) is 0 Å². The molecule has 3 heteroatoms. The van der Waals surface area contributed by atoms with Gasteiger partial charge in [-0.3, -0.25) is 0 Å². The van der Waals surface area contributed by atoms with Crippen molar-refractivity contribution in [3.63, 3.8) is 0 Å². The number of rotatable bonds is 2. The molecule has 1 rings (SSSR count). The number of nitrogens with one attached hydrogen (secondary N) is 1. The number of hydrogen-bond donors (Lipinski definition) is 1. The zero-order valence-electron chi connectivity index (χ0n) is 8.56. The molecule has 1 N–H and O–H groups in total. The molecule has 1 aromatic carbocycles. The average Bonchev–Trinajstić information content (AvgIpc) is 2.11. The summed E-state index contributed by atoms with van der Waals surface area (Å²) < 4.78 is 0. The van der Waals surface area contributed by atoms with E-state index in [1.54, 1.807) is 0 Å². The molecule has 0 heterocycles. The second kappa shape index (κ2) is 3.89. The zero-order valence-corrected chi connectivity index (χ0v) is 9.31. The van der Waals surface area contributed by atoms with Gasteiger partial charge < -0.3 is 5.32 Å². The van der Waals surface area contributed by atoms with Gasteiger partial charge in [-0.2, -0.15) is 5.26 Å². The van der Waals surface area contributed by atoms with E-state index in [0.717, 1.165) is 11.3 Å². The van der Waals surface area contributed by atoms with Gasteiger partial charge in [0.05, 0.1) is 6.07 Å². The first-order valence-electron chi connectivity index (χ1n) is 4.40. The van der Waals surface area contributed by atoms with Gasteiger partial charge in [0.1, 0.15) is 5.54 Å². The van der Waals surface area contributed by atoms with Crippen LogP contribution >= 0.6 is 11.6 Å². The quantitative estimate of drug-likeness (QED) is 0.809. The Morgan fingerprint density at radius 2 is 2.07 bits per heavy atom. The molecular formula is C11H13ClN2. The highest BCUT2D eigenvalue weighted by atomic mass is 35.5. The van der Waals surface area contributed by atoms with Gasteiger partial charge >= 0.3 is 0 Å². The van der Waals surface area contributed by atoms with E-state index < -0.39 is 5.54 Å². The summed E-state index contributed by atoms with van der Waals surface area (Å²) in [5.41, 5.74) is 1.41. The molecule has 0 unspecified atom stereocenters. The molecule has 0 aliphatic rings. The summed E-state index contributed by atoms with van der Waals surface area (Å²) >= 11 is 5.87. The van der Waals surface area contributed by atoms with Crippen molar-refractivity contribution in [2.75, 3.05) is 5.32 Å². The minimum Gasteiger partial charge on any atom is -0.368 e. The SMILES string of the molecule is Cc1ccc(Cl)cc1NC(C)(C)C#N. The second-order valence-corrected chi connectivity index (χ2v) is 4.26. The van der Waals surface area contributed by atoms with Gasteiger partial charge in [-0.25, -0.2) is 0 Å². The van der Waals surface area contributed by atoms with Crippen molar-refractivity contribution >= 4 is 17.3 Å². The van der Waals surface area contributed by atoms with Gasteiger partial charge in [-0.05, 0) is 38.5 Å². The van der Waals surface area contributed by atoms with Crippen molar-refractivity contribution in [3.05, 3.63) is 28.8 Å². The van der Waals surface area contributed by atoms with Crippen LogP contribution in [-0.4, -0.2) is 5.54 Å². The van der Waals surface area contributed by atoms with Crippen LogP contribution in [0.4, 0.5) is 5.69 Å². The normalized spacial score (nSPS) is 10.8. The van der Waals surface area contributed by atoms with Crippen LogP contribution in [-0.2, 0) is 0 Å². The maximum Gasteiger partial charge on any atom is 0.119 e. The Bertz CT molecular complexity index is 377. The summed E-state index contributed by atoms with van der Waals surface area (Å²) in [4.78, 5) is 0. The Kier molecular flexibility index (Phi) is 3.03. The maximum atomic E-state index is 8.87. The Morgan fingerprint density at radius 3 is 2.64 bits per heavy atom. The Labute approximate surface area is 89.5 Å². The number of halogens is 1. The van der Waals surface area contributed by atoms with Gasteiger partial charge in [0, 0.05) is 10.7 Å². The van der Waals surface area contributed by atoms with Crippen molar-refractivity contribution < 1.29 is 0 Å². The molecule has 0 bridgehead atoms. The van der Waals surface area contributed by atoms with Crippen molar-refractivity contribution in [2.24, 2.45) is 0 Å². The van der Waals surface area contributed by atoms with Crippen molar-refractivity contribution in [3.8, 4) is 6.07 Å². The van der Waals surface area contributed by atoms with Gasteiger partial charge in [-0.1, -0.05) is 17.7 Å². The van der Waals surface area contributed by atoms with Crippen LogP contribution < -0.4 is 5.32 Å². The number of nitrogens with zero attached hydrogens (tertiary/aromatic N) is 1. The molecule has 2 nitrogen and oxygen atoms in total. The number of benzene rings is 1. The van der Waals surface area contributed by atoms with Crippen LogP contribution in [0.2, 0.25) is 5.02 Å². The molecule has 0 amide bonds. The minimum atomic E-state index is -0.574. The number of nitriles is 1. The van der Waals surface area contributed by atoms with Crippen LogP contribution in [0.1, 0.15) is 19.4 Å². The van der Waals surface area contributed by atoms with Crippen molar-refractivity contribution in [1.29, 1.82) is 5.26 Å². The Morgan fingerprint density at radius 1 is 1.43 bits per heavy atom. The number of anilines is 1. The lowest BCUT2D eigenvalue weighted by Gasteiger charge is -2.20. The predicted molar refractivity (Wildman–Crippen MR) is 59.5 cm³/mol. The van der Waals surface area contributed by atoms with E-state index in [1.165, 1.54) is 0 Å². The molecule has 74 valence electrons. The highest BCUT2D eigenvalue weighted by Gasteiger charge is 2.16. The highest BCUT2D eigenvalue weighted by Crippen LogP contribution is 2.23. The molecular weight excluding hydrogens is 196 g/mol. The zero-order chi connectivity index (χ0) is 10.8. The first-order valence-corrected chi connectivity index (χ1v) is 4.78. The third-order valence-corrected chi connectivity index (χ3v) is 2.16. The molecule has 0 fully saturated rings. The van der Waals surface area contributed by atoms with E-state index >= 15 is 0 Å². The summed E-state index contributed by atoms with van der Waals surface area (Å²) in [5, 5.41) is 12.7. The molecule has 0 aliphatic carbocycles. The van der Waals surface area contributed by atoms with Gasteiger partial charge in [-0.15, -0.1) is 0 Å². The second-order valence-electron chi connectivity index (χ2n) is 3.82. The molecule has 0 radical (unpaired) electrons. The smallest absolute Gasteiger partial charge is 0.119 e. The maximum absolute atomic E-state index is 8.87. The van der Waals surface area contributed by atoms with E-state index in [0.29, 0.717) is 5.02 Å². The third kappa shape index (κ3) is 2.65. The first-order chi connectivity index (χ1) is 6.44. The number of hydrogen-bond acceptors (Lipinski definition) is 2. The van der Waals surface area contributed by atoms with E-state index in [4.69, 9.17) is 16.9 Å². The first kappa shape index (κ1) is 10.9. The third-order valence-electron chi connectivity index (χ3n) is 1.93. The molecule has 1 aromatic rings. The Hall–Kier alpha value is -1.20. The predicted octanol–water partition coefficient (Wildman–Crippen LogP) is 3.36. The topological polar surface area (TPSA) is 35.8 Å². The van der Waals surface area contributed by atoms with Gasteiger partial charge in [0.25, 0.3) is 0 Å². The van der Waals surface area contributed by atoms with Crippen molar-refractivity contribution in [2.45, 2.75) is 26.3 Å². The fraction of sp³-hybridized carbons (Fsp3) is 0.364. The lowest BCUT2D eigenvalue weighted by molar-refractivity contribution is 0.728. The fourth-order valence-electron chi connectivity index (χ4n) is 1.09.